The summed E-state index contributed by atoms with van der Waals surface area (Å²) in [6, 6.07) is 6.25. The maximum Gasteiger partial charge on any atom is 0.243 e. The number of aliphatic hydroxyl groups is 1. The second kappa shape index (κ2) is 11.3. The molecule has 0 spiro atoms. The van der Waals surface area contributed by atoms with E-state index in [0.717, 1.165) is 10.6 Å². The van der Waals surface area contributed by atoms with Gasteiger partial charge in [-0.15, -0.1) is 11.3 Å². The summed E-state index contributed by atoms with van der Waals surface area (Å²) in [7, 11) is -0.0968. The summed E-state index contributed by atoms with van der Waals surface area (Å²) < 4.78 is 33.7. The molecule has 7 nitrogen and oxygen atoms in total. The quantitative estimate of drug-likeness (QED) is 0.530. The lowest BCUT2D eigenvalue weighted by molar-refractivity contribution is 0.0221. The van der Waals surface area contributed by atoms with Gasteiger partial charge < -0.3 is 9.84 Å². The average molecular weight is 456 g/mol. The summed E-state index contributed by atoms with van der Waals surface area (Å²) in [5.74, 6) is -0.0806. The molecule has 0 aliphatic carbocycles. The average Bonchev–Trinajstić information content (AvgIpc) is 3.22. The molecule has 2 aromatic rings. The highest BCUT2D eigenvalue weighted by Gasteiger charge is 2.32. The molecule has 1 aromatic carbocycles. The standard InChI is InChI=1S/C21H33N3O4S2/c1-16-6-8-19(9-7-16)30(26,27)24(18(3)15-25)12-17(2)20(28-5)13-23(4)14-21-22-10-11-29-21/h6-11,17-18,20,25H,12-15H2,1-5H3/t17-,18-,20-/m1/s1. The Labute approximate surface area is 184 Å². The largest absolute Gasteiger partial charge is 0.395 e. The van der Waals surface area contributed by atoms with Crippen molar-refractivity contribution in [2.24, 2.45) is 5.92 Å². The van der Waals surface area contributed by atoms with Gasteiger partial charge in [-0.3, -0.25) is 4.90 Å². The van der Waals surface area contributed by atoms with Gasteiger partial charge in [-0.2, -0.15) is 4.31 Å². The lowest BCUT2D eigenvalue weighted by Crippen LogP contribution is -2.46. The van der Waals surface area contributed by atoms with Gasteiger partial charge in [0.05, 0.1) is 24.2 Å². The number of hydrogen-bond acceptors (Lipinski definition) is 7. The fourth-order valence-electron chi connectivity index (χ4n) is 3.27. The van der Waals surface area contributed by atoms with E-state index in [1.807, 2.05) is 26.3 Å². The zero-order chi connectivity index (χ0) is 22.3. The summed E-state index contributed by atoms with van der Waals surface area (Å²) in [5, 5.41) is 12.7. The molecule has 0 fully saturated rings. The van der Waals surface area contributed by atoms with E-state index >= 15 is 0 Å². The lowest BCUT2D eigenvalue weighted by atomic mass is 10.0. The molecule has 9 heteroatoms. The van der Waals surface area contributed by atoms with Gasteiger partial charge in [0.2, 0.25) is 10.0 Å². The van der Waals surface area contributed by atoms with Crippen LogP contribution in [0, 0.1) is 12.8 Å². The topological polar surface area (TPSA) is 83.0 Å². The molecule has 0 unspecified atom stereocenters. The summed E-state index contributed by atoms with van der Waals surface area (Å²) >= 11 is 1.60. The monoisotopic (exact) mass is 455 g/mol. The molecule has 0 saturated carbocycles. The Morgan fingerprint density at radius 1 is 1.20 bits per heavy atom. The number of sulfonamides is 1. The van der Waals surface area contributed by atoms with Crippen LogP contribution in [0.15, 0.2) is 40.7 Å². The van der Waals surface area contributed by atoms with Crippen molar-refractivity contribution in [3.05, 3.63) is 46.4 Å². The molecule has 0 bridgehead atoms. The number of likely N-dealkylation sites (N-methyl/N-ethyl adjacent to an activating group) is 1. The molecule has 0 amide bonds. The maximum absolute atomic E-state index is 13.3. The van der Waals surface area contributed by atoms with Crippen LogP contribution >= 0.6 is 11.3 Å². The van der Waals surface area contributed by atoms with Crippen molar-refractivity contribution in [1.29, 1.82) is 0 Å². The van der Waals surface area contributed by atoms with Crippen molar-refractivity contribution in [2.75, 3.05) is 33.9 Å². The van der Waals surface area contributed by atoms with Gasteiger partial charge in [0.1, 0.15) is 5.01 Å². The van der Waals surface area contributed by atoms with Crippen LogP contribution in [0.5, 0.6) is 0 Å². The predicted octanol–water partition coefficient (Wildman–Crippen LogP) is 2.61. The van der Waals surface area contributed by atoms with Gasteiger partial charge in [0.25, 0.3) is 0 Å². The van der Waals surface area contributed by atoms with Gasteiger partial charge in [0.15, 0.2) is 0 Å². The normalized spacial score (nSPS) is 15.5. The molecular formula is C21H33N3O4S2. The third-order valence-corrected chi connectivity index (χ3v) is 7.93. The van der Waals surface area contributed by atoms with E-state index in [4.69, 9.17) is 4.74 Å². The van der Waals surface area contributed by atoms with E-state index in [2.05, 4.69) is 9.88 Å². The Balaban J connectivity index is 2.14. The molecular weight excluding hydrogens is 422 g/mol. The molecule has 2 rings (SSSR count). The number of ether oxygens (including phenoxy) is 1. The van der Waals surface area contributed by atoms with Crippen LogP contribution in [-0.4, -0.2) is 73.7 Å². The second-order valence-electron chi connectivity index (χ2n) is 7.79. The molecule has 0 saturated heterocycles. The first-order valence-corrected chi connectivity index (χ1v) is 12.3. The Morgan fingerprint density at radius 2 is 1.87 bits per heavy atom. The Bertz CT molecular complexity index is 857. The molecule has 0 radical (unpaired) electrons. The van der Waals surface area contributed by atoms with E-state index in [1.165, 1.54) is 4.31 Å². The molecule has 30 heavy (non-hydrogen) atoms. The number of benzene rings is 1. The highest BCUT2D eigenvalue weighted by atomic mass is 32.2. The Morgan fingerprint density at radius 3 is 2.40 bits per heavy atom. The minimum absolute atomic E-state index is 0.0806. The molecule has 1 N–H and O–H groups in total. The van der Waals surface area contributed by atoms with E-state index < -0.39 is 16.1 Å². The smallest absolute Gasteiger partial charge is 0.243 e. The number of thiazole rings is 1. The Kier molecular flexibility index (Phi) is 9.39. The number of methoxy groups -OCH3 is 1. The third kappa shape index (κ3) is 6.57. The fourth-order valence-corrected chi connectivity index (χ4v) is 5.69. The highest BCUT2D eigenvalue weighted by Crippen LogP contribution is 2.22. The molecule has 1 heterocycles. The number of aromatic nitrogens is 1. The predicted molar refractivity (Wildman–Crippen MR) is 120 cm³/mol. The van der Waals surface area contributed by atoms with Crippen molar-refractivity contribution in [3.63, 3.8) is 0 Å². The number of aliphatic hydroxyl groups excluding tert-OH is 1. The first-order chi connectivity index (χ1) is 14.2. The van der Waals surface area contributed by atoms with Crippen molar-refractivity contribution < 1.29 is 18.3 Å². The number of hydrogen-bond donors (Lipinski definition) is 1. The van der Waals surface area contributed by atoms with Crippen LogP contribution in [-0.2, 0) is 21.3 Å². The summed E-state index contributed by atoms with van der Waals surface area (Å²) in [6.07, 6.45) is 1.62. The molecule has 3 atom stereocenters. The number of aryl methyl sites for hydroxylation is 1. The first-order valence-electron chi connectivity index (χ1n) is 9.98. The van der Waals surface area contributed by atoms with Crippen molar-refractivity contribution >= 4 is 21.4 Å². The summed E-state index contributed by atoms with van der Waals surface area (Å²) in [6.45, 7) is 6.97. The van der Waals surface area contributed by atoms with Crippen molar-refractivity contribution in [3.8, 4) is 0 Å². The molecule has 0 aliphatic rings. The van der Waals surface area contributed by atoms with Crippen LogP contribution in [0.25, 0.3) is 0 Å². The van der Waals surface area contributed by atoms with Gasteiger partial charge in [0, 0.05) is 37.8 Å². The lowest BCUT2D eigenvalue weighted by Gasteiger charge is -2.33. The maximum atomic E-state index is 13.3. The van der Waals surface area contributed by atoms with Crippen molar-refractivity contribution in [2.45, 2.75) is 44.4 Å². The fraction of sp³-hybridized carbons (Fsp3) is 0.571. The van der Waals surface area contributed by atoms with E-state index in [-0.39, 0.29) is 30.1 Å². The zero-order valence-electron chi connectivity index (χ0n) is 18.4. The van der Waals surface area contributed by atoms with Gasteiger partial charge in [-0.05, 0) is 38.9 Å². The molecule has 0 aliphatic heterocycles. The Hall–Kier alpha value is -1.36. The van der Waals surface area contributed by atoms with E-state index in [0.29, 0.717) is 13.1 Å². The SMILES string of the molecule is CO[C@H](CN(C)Cc1nccs1)[C@H](C)CN([C@H](C)CO)S(=O)(=O)c1ccc(C)cc1. The minimum atomic E-state index is -3.74. The second-order valence-corrected chi connectivity index (χ2v) is 10.7. The van der Waals surface area contributed by atoms with Crippen LogP contribution < -0.4 is 0 Å². The number of rotatable bonds is 12. The number of nitrogens with zero attached hydrogens (tertiary/aromatic N) is 3. The van der Waals surface area contributed by atoms with Crippen molar-refractivity contribution in [1.82, 2.24) is 14.2 Å². The van der Waals surface area contributed by atoms with Crippen LogP contribution in [0.1, 0.15) is 24.4 Å². The van der Waals surface area contributed by atoms with E-state index in [1.54, 1.807) is 55.8 Å². The highest BCUT2D eigenvalue weighted by molar-refractivity contribution is 7.89. The van der Waals surface area contributed by atoms with Crippen LogP contribution in [0.2, 0.25) is 0 Å². The first kappa shape index (κ1) is 24.9. The zero-order valence-corrected chi connectivity index (χ0v) is 20.0. The van der Waals surface area contributed by atoms with Crippen LogP contribution in [0.4, 0.5) is 0 Å². The summed E-state index contributed by atoms with van der Waals surface area (Å²) in [4.78, 5) is 6.66. The minimum Gasteiger partial charge on any atom is -0.395 e. The van der Waals surface area contributed by atoms with Crippen LogP contribution in [0.3, 0.4) is 0 Å². The molecule has 1 aromatic heterocycles. The van der Waals surface area contributed by atoms with Gasteiger partial charge >= 0.3 is 0 Å². The van der Waals surface area contributed by atoms with Gasteiger partial charge in [-0.25, -0.2) is 13.4 Å². The summed E-state index contributed by atoms with van der Waals surface area (Å²) in [5.41, 5.74) is 0.992. The van der Waals surface area contributed by atoms with E-state index in [9.17, 15) is 13.5 Å². The third-order valence-electron chi connectivity index (χ3n) is 5.17. The van der Waals surface area contributed by atoms with Gasteiger partial charge in [-0.1, -0.05) is 24.6 Å². The molecule has 168 valence electrons.